The normalized spacial score (nSPS) is 11.1. The Balaban J connectivity index is 2.48. The van der Waals surface area contributed by atoms with Crippen LogP contribution in [0.2, 0.25) is 0 Å². The number of ether oxygens (including phenoxy) is 2. The molecule has 2 aromatic carbocycles. The molecule has 2 rings (SSSR count). The van der Waals surface area contributed by atoms with Gasteiger partial charge < -0.3 is 9.47 Å². The summed E-state index contributed by atoms with van der Waals surface area (Å²) in [5.74, 6) is 0.0649. The lowest BCUT2D eigenvalue weighted by molar-refractivity contribution is 0.0601. The Hall–Kier alpha value is -2.54. The molecule has 0 saturated heterocycles. The number of rotatable bonds is 5. The third-order valence-corrected chi connectivity index (χ3v) is 5.51. The maximum Gasteiger partial charge on any atom is 0.337 e. The zero-order valence-corrected chi connectivity index (χ0v) is 15.7. The quantitative estimate of drug-likeness (QED) is 0.825. The molecule has 134 valence electrons. The lowest BCUT2D eigenvalue weighted by atomic mass is 10.1. The van der Waals surface area contributed by atoms with Gasteiger partial charge in [-0.05, 0) is 61.7 Å². The van der Waals surface area contributed by atoms with E-state index in [4.69, 9.17) is 4.74 Å². The molecule has 7 heteroatoms. The summed E-state index contributed by atoms with van der Waals surface area (Å²) in [6.45, 7) is 5.18. The van der Waals surface area contributed by atoms with E-state index in [1.807, 2.05) is 0 Å². The zero-order valence-electron chi connectivity index (χ0n) is 14.8. The Bertz CT molecular complexity index is 896. The highest BCUT2D eigenvalue weighted by Gasteiger charge is 2.22. The lowest BCUT2D eigenvalue weighted by Gasteiger charge is -2.16. The van der Waals surface area contributed by atoms with E-state index >= 15 is 0 Å². The van der Waals surface area contributed by atoms with Gasteiger partial charge >= 0.3 is 5.97 Å². The highest BCUT2D eigenvalue weighted by Crippen LogP contribution is 2.28. The number of sulfonamides is 1. The van der Waals surface area contributed by atoms with Crippen LogP contribution >= 0.6 is 0 Å². The third-order valence-electron chi connectivity index (χ3n) is 3.84. The average molecular weight is 363 g/mol. The van der Waals surface area contributed by atoms with Crippen molar-refractivity contribution in [1.29, 1.82) is 0 Å². The van der Waals surface area contributed by atoms with Crippen LogP contribution in [0.5, 0.6) is 5.75 Å². The van der Waals surface area contributed by atoms with Crippen LogP contribution in [-0.4, -0.2) is 28.6 Å². The van der Waals surface area contributed by atoms with E-state index in [0.29, 0.717) is 28.1 Å². The van der Waals surface area contributed by atoms with E-state index in [-0.39, 0.29) is 10.5 Å². The number of methoxy groups -OCH3 is 2. The summed E-state index contributed by atoms with van der Waals surface area (Å²) in [6.07, 6.45) is 0. The molecule has 2 aromatic rings. The monoisotopic (exact) mass is 363 g/mol. The van der Waals surface area contributed by atoms with Gasteiger partial charge in [-0.2, -0.15) is 0 Å². The number of hydrogen-bond acceptors (Lipinski definition) is 5. The topological polar surface area (TPSA) is 81.7 Å². The summed E-state index contributed by atoms with van der Waals surface area (Å²) in [7, 11) is -1.03. The summed E-state index contributed by atoms with van der Waals surface area (Å²) in [6, 6.07) is 8.05. The minimum Gasteiger partial charge on any atom is -0.497 e. The van der Waals surface area contributed by atoms with Crippen LogP contribution in [0.1, 0.15) is 27.0 Å². The van der Waals surface area contributed by atoms with E-state index in [1.165, 1.54) is 20.3 Å². The van der Waals surface area contributed by atoms with Gasteiger partial charge in [0.1, 0.15) is 5.75 Å². The molecule has 0 amide bonds. The van der Waals surface area contributed by atoms with Gasteiger partial charge in [0.25, 0.3) is 10.0 Å². The molecule has 0 aliphatic heterocycles. The fourth-order valence-electron chi connectivity index (χ4n) is 2.62. The number of anilines is 1. The summed E-state index contributed by atoms with van der Waals surface area (Å²) >= 11 is 0. The summed E-state index contributed by atoms with van der Waals surface area (Å²) in [5.41, 5.74) is 2.45. The van der Waals surface area contributed by atoms with Crippen LogP contribution < -0.4 is 9.46 Å². The van der Waals surface area contributed by atoms with Gasteiger partial charge in [-0.3, -0.25) is 4.72 Å². The van der Waals surface area contributed by atoms with Crippen molar-refractivity contribution in [3.05, 3.63) is 52.6 Å². The molecule has 0 spiro atoms. The molecule has 0 fully saturated rings. The van der Waals surface area contributed by atoms with Gasteiger partial charge in [-0.15, -0.1) is 0 Å². The molecule has 0 unspecified atom stereocenters. The van der Waals surface area contributed by atoms with Crippen molar-refractivity contribution in [2.24, 2.45) is 0 Å². The average Bonchev–Trinajstić information content (AvgIpc) is 2.54. The van der Waals surface area contributed by atoms with E-state index < -0.39 is 16.0 Å². The first kappa shape index (κ1) is 18.8. The summed E-state index contributed by atoms with van der Waals surface area (Å²) < 4.78 is 38.2. The Morgan fingerprint density at radius 2 is 1.56 bits per heavy atom. The largest absolute Gasteiger partial charge is 0.497 e. The predicted molar refractivity (Wildman–Crippen MR) is 95.8 cm³/mol. The van der Waals surface area contributed by atoms with Crippen LogP contribution in [-0.2, 0) is 14.8 Å². The second-order valence-electron chi connectivity index (χ2n) is 5.72. The predicted octanol–water partition coefficient (Wildman–Crippen LogP) is 3.21. The Morgan fingerprint density at radius 3 is 2.08 bits per heavy atom. The van der Waals surface area contributed by atoms with Crippen LogP contribution in [0.25, 0.3) is 0 Å². The van der Waals surface area contributed by atoms with Crippen LogP contribution in [0, 0.1) is 20.8 Å². The van der Waals surface area contributed by atoms with E-state index in [0.717, 1.165) is 0 Å². The molecule has 0 aromatic heterocycles. The van der Waals surface area contributed by atoms with Gasteiger partial charge in [-0.1, -0.05) is 6.07 Å². The zero-order chi connectivity index (χ0) is 18.8. The number of esters is 1. The number of hydrogen-bond donors (Lipinski definition) is 1. The van der Waals surface area contributed by atoms with Crippen molar-refractivity contribution in [1.82, 2.24) is 0 Å². The molecule has 0 aliphatic carbocycles. The molecule has 25 heavy (non-hydrogen) atoms. The van der Waals surface area contributed by atoms with E-state index in [2.05, 4.69) is 9.46 Å². The lowest BCUT2D eigenvalue weighted by Crippen LogP contribution is -2.17. The van der Waals surface area contributed by atoms with Crippen molar-refractivity contribution in [3.63, 3.8) is 0 Å². The van der Waals surface area contributed by atoms with Gasteiger partial charge in [0.2, 0.25) is 0 Å². The highest BCUT2D eigenvalue weighted by atomic mass is 32.2. The van der Waals surface area contributed by atoms with Gasteiger partial charge in [0.05, 0.1) is 30.4 Å². The molecule has 0 atom stereocenters. The molecule has 0 aliphatic rings. The van der Waals surface area contributed by atoms with Crippen molar-refractivity contribution >= 4 is 21.7 Å². The molecule has 0 bridgehead atoms. The maximum absolute atomic E-state index is 12.9. The number of carbonyl (C=O) groups is 1. The minimum atomic E-state index is -3.83. The highest BCUT2D eigenvalue weighted by molar-refractivity contribution is 7.92. The summed E-state index contributed by atoms with van der Waals surface area (Å²) in [4.78, 5) is 11.9. The van der Waals surface area contributed by atoms with Crippen molar-refractivity contribution in [3.8, 4) is 5.75 Å². The van der Waals surface area contributed by atoms with Crippen molar-refractivity contribution in [2.45, 2.75) is 25.7 Å². The van der Waals surface area contributed by atoms with Crippen LogP contribution in [0.15, 0.2) is 35.2 Å². The smallest absolute Gasteiger partial charge is 0.337 e. The number of benzene rings is 2. The second-order valence-corrected chi connectivity index (χ2v) is 7.34. The second kappa shape index (κ2) is 7.14. The minimum absolute atomic E-state index is 0.191. The first-order valence-corrected chi connectivity index (χ1v) is 9.05. The fraction of sp³-hybridized carbons (Fsp3) is 0.278. The Labute approximate surface area is 147 Å². The summed E-state index contributed by atoms with van der Waals surface area (Å²) in [5, 5.41) is 0. The van der Waals surface area contributed by atoms with E-state index in [9.17, 15) is 13.2 Å². The fourth-order valence-corrected chi connectivity index (χ4v) is 4.20. The molecular formula is C18H21NO5S. The van der Waals surface area contributed by atoms with Gasteiger partial charge in [0.15, 0.2) is 0 Å². The first-order chi connectivity index (χ1) is 11.7. The van der Waals surface area contributed by atoms with Crippen LogP contribution in [0.4, 0.5) is 5.69 Å². The first-order valence-electron chi connectivity index (χ1n) is 7.56. The van der Waals surface area contributed by atoms with E-state index in [1.54, 1.807) is 45.0 Å². The van der Waals surface area contributed by atoms with Crippen LogP contribution in [0.3, 0.4) is 0 Å². The Kier molecular flexibility index (Phi) is 5.37. The Morgan fingerprint density at radius 1 is 0.960 bits per heavy atom. The number of aryl methyl sites for hydroxylation is 3. The molecule has 1 N–H and O–H groups in total. The molecule has 6 nitrogen and oxygen atoms in total. The maximum atomic E-state index is 12.9. The van der Waals surface area contributed by atoms with Crippen molar-refractivity contribution < 1.29 is 22.7 Å². The van der Waals surface area contributed by atoms with Crippen molar-refractivity contribution in [2.75, 3.05) is 18.9 Å². The third kappa shape index (κ3) is 3.93. The number of carbonyl (C=O) groups excluding carboxylic acids is 1. The molecule has 0 heterocycles. The van der Waals surface area contributed by atoms with Gasteiger partial charge in [0, 0.05) is 0 Å². The molecule has 0 saturated carbocycles. The SMILES string of the molecule is COC(=O)c1ccc(C)c(NS(=O)(=O)c2c(C)cc(OC)cc2C)c1. The molecular weight excluding hydrogens is 342 g/mol. The standard InChI is InChI=1S/C18H21NO5S/c1-11-6-7-14(18(20)24-5)10-16(11)19-25(21,22)17-12(2)8-15(23-4)9-13(17)3/h6-10,19H,1-5H3. The molecule has 0 radical (unpaired) electrons. The van der Waals surface area contributed by atoms with Gasteiger partial charge in [-0.25, -0.2) is 13.2 Å². The number of nitrogens with one attached hydrogen (secondary N) is 1.